The molecule has 2 amide bonds. The molecule has 2 aliphatic rings. The van der Waals surface area contributed by atoms with Gasteiger partial charge in [0, 0.05) is 7.05 Å². The number of hydrogen-bond acceptors (Lipinski definition) is 6. The van der Waals surface area contributed by atoms with E-state index in [1.54, 1.807) is 13.8 Å². The molecule has 2 fully saturated rings. The van der Waals surface area contributed by atoms with Gasteiger partial charge in [-0.1, -0.05) is 0 Å². The fraction of sp³-hybridized carbons (Fsp3) is 0.909. The van der Waals surface area contributed by atoms with E-state index in [-0.39, 0.29) is 13.2 Å². The van der Waals surface area contributed by atoms with Crippen molar-refractivity contribution in [1.82, 2.24) is 10.6 Å². The van der Waals surface area contributed by atoms with Gasteiger partial charge in [-0.3, -0.25) is 0 Å². The lowest BCUT2D eigenvalue weighted by molar-refractivity contribution is -0.262. The number of aliphatic hydroxyl groups is 2. The first-order valence-corrected chi connectivity index (χ1v) is 6.14. The highest BCUT2D eigenvalue weighted by molar-refractivity contribution is 5.73. The summed E-state index contributed by atoms with van der Waals surface area (Å²) in [6.45, 7) is 3.04. The molecule has 0 spiro atoms. The maximum absolute atomic E-state index is 11.3. The van der Waals surface area contributed by atoms with Crippen LogP contribution in [0.25, 0.3) is 0 Å². The summed E-state index contributed by atoms with van der Waals surface area (Å²) in [5, 5.41) is 24.2. The number of hydrogen-bond donors (Lipinski definition) is 4. The second kappa shape index (κ2) is 4.88. The smallest absolute Gasteiger partial charge is 0.314 e. The maximum Gasteiger partial charge on any atom is 0.314 e. The molecule has 8 nitrogen and oxygen atoms in total. The highest BCUT2D eigenvalue weighted by Gasteiger charge is 2.64. The van der Waals surface area contributed by atoms with E-state index in [0.29, 0.717) is 0 Å². The maximum atomic E-state index is 11.3. The van der Waals surface area contributed by atoms with Crippen LogP contribution in [-0.4, -0.2) is 66.3 Å². The zero-order valence-corrected chi connectivity index (χ0v) is 11.2. The second-order valence-electron chi connectivity index (χ2n) is 5.11. The molecule has 0 bridgehead atoms. The van der Waals surface area contributed by atoms with Crippen molar-refractivity contribution in [3.05, 3.63) is 0 Å². The Morgan fingerprint density at radius 1 is 1.37 bits per heavy atom. The van der Waals surface area contributed by atoms with Gasteiger partial charge < -0.3 is 35.1 Å². The van der Waals surface area contributed by atoms with Crippen molar-refractivity contribution in [1.29, 1.82) is 0 Å². The van der Waals surface area contributed by atoms with Gasteiger partial charge in [-0.15, -0.1) is 0 Å². The Balaban J connectivity index is 2.15. The van der Waals surface area contributed by atoms with E-state index in [0.717, 1.165) is 0 Å². The molecule has 19 heavy (non-hydrogen) atoms. The van der Waals surface area contributed by atoms with Gasteiger partial charge in [-0.05, 0) is 13.8 Å². The van der Waals surface area contributed by atoms with Crippen LogP contribution in [0.3, 0.4) is 0 Å². The average Bonchev–Trinajstić information content (AvgIpc) is 2.76. The van der Waals surface area contributed by atoms with E-state index in [1.165, 1.54) is 7.05 Å². The van der Waals surface area contributed by atoms with Crippen molar-refractivity contribution in [2.45, 2.75) is 43.7 Å². The average molecular weight is 276 g/mol. The van der Waals surface area contributed by atoms with E-state index >= 15 is 0 Å². The lowest BCUT2D eigenvalue weighted by Gasteiger charge is -2.28. The Labute approximate surface area is 111 Å². The predicted molar refractivity (Wildman–Crippen MR) is 63.2 cm³/mol. The van der Waals surface area contributed by atoms with Crippen molar-refractivity contribution >= 4 is 6.03 Å². The highest BCUT2D eigenvalue weighted by atomic mass is 16.9. The molecule has 2 rings (SSSR count). The number of aliphatic hydroxyl groups excluding tert-OH is 2. The third-order valence-corrected chi connectivity index (χ3v) is 3.21. The van der Waals surface area contributed by atoms with Crippen molar-refractivity contribution < 1.29 is 29.2 Å². The van der Waals surface area contributed by atoms with Crippen LogP contribution in [-0.2, 0) is 14.2 Å². The summed E-state index contributed by atoms with van der Waals surface area (Å²) in [5.41, 5.74) is 0. The van der Waals surface area contributed by atoms with Crippen LogP contribution in [0.1, 0.15) is 13.8 Å². The largest absolute Gasteiger partial charge is 0.394 e. The monoisotopic (exact) mass is 276 g/mol. The molecule has 0 saturated carbocycles. The van der Waals surface area contributed by atoms with E-state index in [2.05, 4.69) is 10.6 Å². The highest BCUT2D eigenvalue weighted by Crippen LogP contribution is 2.44. The van der Waals surface area contributed by atoms with E-state index in [9.17, 15) is 9.90 Å². The Morgan fingerprint density at radius 3 is 2.63 bits per heavy atom. The Bertz CT molecular complexity index is 363. The third kappa shape index (κ3) is 2.54. The van der Waals surface area contributed by atoms with Crippen LogP contribution in [0.15, 0.2) is 0 Å². The van der Waals surface area contributed by atoms with Gasteiger partial charge >= 0.3 is 6.03 Å². The molecule has 4 N–H and O–H groups in total. The normalized spacial score (nSPS) is 39.9. The Morgan fingerprint density at radius 2 is 2.05 bits per heavy atom. The van der Waals surface area contributed by atoms with Gasteiger partial charge in [0.05, 0.1) is 13.2 Å². The summed E-state index contributed by atoms with van der Waals surface area (Å²) in [5.74, 6) is -2.22. The first-order valence-electron chi connectivity index (χ1n) is 6.14. The first kappa shape index (κ1) is 14.5. The van der Waals surface area contributed by atoms with Gasteiger partial charge in [-0.2, -0.15) is 0 Å². The summed E-state index contributed by atoms with van der Waals surface area (Å²) in [6.07, 6.45) is -2.58. The zero-order chi connectivity index (χ0) is 14.3. The van der Waals surface area contributed by atoms with Crippen LogP contribution in [0.4, 0.5) is 4.79 Å². The molecular formula is C11H20N2O6. The van der Waals surface area contributed by atoms with Crippen LogP contribution in [0.5, 0.6) is 0 Å². The predicted octanol–water partition coefficient (Wildman–Crippen LogP) is -1.48. The van der Waals surface area contributed by atoms with Gasteiger partial charge in [0.15, 0.2) is 5.79 Å². The lowest BCUT2D eigenvalue weighted by atomic mass is 10.1. The molecule has 0 aliphatic carbocycles. The number of fused-ring (bicyclic) bond motifs is 1. The number of nitrogens with one attached hydrogen (secondary N) is 2. The summed E-state index contributed by atoms with van der Waals surface area (Å²) < 4.78 is 16.9. The minimum atomic E-state index is -1.29. The minimum Gasteiger partial charge on any atom is -0.394 e. The van der Waals surface area contributed by atoms with Crippen molar-refractivity contribution in [3.63, 3.8) is 0 Å². The third-order valence-electron chi connectivity index (χ3n) is 3.21. The van der Waals surface area contributed by atoms with E-state index in [1.807, 2.05) is 0 Å². The van der Waals surface area contributed by atoms with Crippen LogP contribution in [0, 0.1) is 0 Å². The molecule has 110 valence electrons. The molecule has 2 saturated heterocycles. The van der Waals surface area contributed by atoms with Crippen LogP contribution in [0.2, 0.25) is 0 Å². The molecule has 4 atom stereocenters. The summed E-state index contributed by atoms with van der Waals surface area (Å²) in [6, 6.07) is -0.396. The van der Waals surface area contributed by atoms with Crippen LogP contribution < -0.4 is 10.6 Å². The molecule has 0 aromatic carbocycles. The lowest BCUT2D eigenvalue weighted by Crippen LogP contribution is -2.51. The van der Waals surface area contributed by atoms with Gasteiger partial charge in [0.1, 0.15) is 18.3 Å². The van der Waals surface area contributed by atoms with E-state index < -0.39 is 35.9 Å². The van der Waals surface area contributed by atoms with E-state index in [4.69, 9.17) is 19.3 Å². The van der Waals surface area contributed by atoms with Gasteiger partial charge in [-0.25, -0.2) is 4.79 Å². The zero-order valence-electron chi connectivity index (χ0n) is 11.2. The topological polar surface area (TPSA) is 109 Å². The first-order chi connectivity index (χ1) is 8.83. The summed E-state index contributed by atoms with van der Waals surface area (Å²) in [7, 11) is 1.49. The number of carbonyl (C=O) groups excluding carboxylic acids is 1. The molecule has 0 aromatic heterocycles. The molecule has 2 heterocycles. The molecule has 2 unspecified atom stereocenters. The number of rotatable bonds is 3. The molecule has 8 heteroatoms. The van der Waals surface area contributed by atoms with Gasteiger partial charge in [0.25, 0.3) is 0 Å². The number of ether oxygens (including phenoxy) is 3. The Kier molecular flexibility index (Phi) is 3.72. The quantitative estimate of drug-likeness (QED) is 0.500. The SMILES string of the molecule is CNC(=O)NC[C@]12OC(CO)C(O)[C@H]1OC(C)(C)O2. The number of urea groups is 1. The molecule has 0 aromatic rings. The van der Waals surface area contributed by atoms with Crippen LogP contribution >= 0.6 is 0 Å². The summed E-state index contributed by atoms with van der Waals surface area (Å²) >= 11 is 0. The van der Waals surface area contributed by atoms with Gasteiger partial charge in [0.2, 0.25) is 5.79 Å². The fourth-order valence-corrected chi connectivity index (χ4v) is 2.45. The van der Waals surface area contributed by atoms with Crippen molar-refractivity contribution in [3.8, 4) is 0 Å². The molecular weight excluding hydrogens is 256 g/mol. The van der Waals surface area contributed by atoms with Crippen molar-refractivity contribution in [2.24, 2.45) is 0 Å². The van der Waals surface area contributed by atoms with Crippen molar-refractivity contribution in [2.75, 3.05) is 20.2 Å². The molecule has 2 aliphatic heterocycles. The fourth-order valence-electron chi connectivity index (χ4n) is 2.45. The standard InChI is InChI=1S/C11H20N2O6/c1-10(2)18-8-7(15)6(4-14)17-11(8,19-10)5-13-9(16)12-3/h6-8,14-15H,4-5H2,1-3H3,(H2,12,13,16)/t6?,7?,8-,11-/m1/s1. The second-order valence-corrected chi connectivity index (χ2v) is 5.11. The number of amides is 2. The summed E-state index contributed by atoms with van der Waals surface area (Å²) in [4.78, 5) is 11.3. The molecule has 0 radical (unpaired) electrons. The number of carbonyl (C=O) groups is 1. The minimum absolute atomic E-state index is 0.00826. The Hall–Kier alpha value is -0.930.